The molecule has 2 fully saturated rings. The molecule has 2 aliphatic heterocycles. The maximum absolute atomic E-state index is 12.8. The first-order valence-electron chi connectivity index (χ1n) is 10.1. The number of hydrogen-bond donors (Lipinski definition) is 0. The highest BCUT2D eigenvalue weighted by Gasteiger charge is 2.26. The van der Waals surface area contributed by atoms with E-state index in [-0.39, 0.29) is 12.5 Å². The SMILES string of the molecule is Cn1cnc2c1c(=O)n(CC(=O)N1CCC(CN3CCOCC3)CC1)c(=O)n2C. The topological polar surface area (TPSA) is 94.6 Å². The Balaban J connectivity index is 1.42. The zero-order valence-corrected chi connectivity index (χ0v) is 17.0. The van der Waals surface area contributed by atoms with Crippen LogP contribution >= 0.6 is 0 Å². The van der Waals surface area contributed by atoms with Crippen molar-refractivity contribution in [3.05, 3.63) is 27.2 Å². The van der Waals surface area contributed by atoms with Crippen molar-refractivity contribution in [1.82, 2.24) is 28.5 Å². The number of likely N-dealkylation sites (tertiary alicyclic amines) is 1. The molecule has 0 saturated carbocycles. The fourth-order valence-electron chi connectivity index (χ4n) is 4.28. The van der Waals surface area contributed by atoms with Crippen LogP contribution in [0.1, 0.15) is 12.8 Å². The highest BCUT2D eigenvalue weighted by molar-refractivity contribution is 5.77. The van der Waals surface area contributed by atoms with E-state index in [9.17, 15) is 14.4 Å². The molecular weight excluding hydrogens is 376 g/mol. The van der Waals surface area contributed by atoms with E-state index < -0.39 is 11.2 Å². The normalized spacial score (nSPS) is 19.2. The van der Waals surface area contributed by atoms with Crippen molar-refractivity contribution in [3.63, 3.8) is 0 Å². The van der Waals surface area contributed by atoms with Crippen LogP contribution in [0.5, 0.6) is 0 Å². The van der Waals surface area contributed by atoms with Crippen molar-refractivity contribution in [1.29, 1.82) is 0 Å². The maximum Gasteiger partial charge on any atom is 0.332 e. The van der Waals surface area contributed by atoms with Gasteiger partial charge in [0.15, 0.2) is 11.2 Å². The zero-order valence-electron chi connectivity index (χ0n) is 17.0. The molecule has 10 nitrogen and oxygen atoms in total. The predicted octanol–water partition coefficient (Wildman–Crippen LogP) is -0.995. The van der Waals surface area contributed by atoms with E-state index in [1.165, 1.54) is 10.9 Å². The van der Waals surface area contributed by atoms with Crippen LogP contribution in [0.25, 0.3) is 11.2 Å². The number of aryl methyl sites for hydroxylation is 2. The van der Waals surface area contributed by atoms with E-state index in [2.05, 4.69) is 9.88 Å². The van der Waals surface area contributed by atoms with Gasteiger partial charge in [0.25, 0.3) is 5.56 Å². The Morgan fingerprint density at radius 3 is 2.52 bits per heavy atom. The number of carbonyl (C=O) groups is 1. The Bertz CT molecular complexity index is 1010. The van der Waals surface area contributed by atoms with Gasteiger partial charge in [0, 0.05) is 46.8 Å². The number of piperidine rings is 1. The molecule has 0 bridgehead atoms. The highest BCUT2D eigenvalue weighted by atomic mass is 16.5. The van der Waals surface area contributed by atoms with E-state index in [0.717, 1.165) is 50.3 Å². The summed E-state index contributed by atoms with van der Waals surface area (Å²) in [4.78, 5) is 46.5. The number of morpholine rings is 1. The van der Waals surface area contributed by atoms with E-state index >= 15 is 0 Å². The highest BCUT2D eigenvalue weighted by Crippen LogP contribution is 2.19. The van der Waals surface area contributed by atoms with Crippen LogP contribution in [0, 0.1) is 5.92 Å². The van der Waals surface area contributed by atoms with Gasteiger partial charge in [-0.1, -0.05) is 0 Å². The number of nitrogens with zero attached hydrogens (tertiary/aromatic N) is 6. The molecule has 0 spiro atoms. The summed E-state index contributed by atoms with van der Waals surface area (Å²) < 4.78 is 9.31. The summed E-state index contributed by atoms with van der Waals surface area (Å²) in [6.07, 6.45) is 3.38. The van der Waals surface area contributed by atoms with Crippen LogP contribution in [-0.4, -0.2) is 80.3 Å². The van der Waals surface area contributed by atoms with Gasteiger partial charge in [0.2, 0.25) is 5.91 Å². The molecule has 4 rings (SSSR count). The van der Waals surface area contributed by atoms with Crippen molar-refractivity contribution < 1.29 is 9.53 Å². The van der Waals surface area contributed by atoms with Crippen molar-refractivity contribution in [3.8, 4) is 0 Å². The minimum absolute atomic E-state index is 0.185. The number of aromatic nitrogens is 4. The van der Waals surface area contributed by atoms with Crippen LogP contribution in [0.4, 0.5) is 0 Å². The standard InChI is InChI=1S/C19H28N6O4/c1-21-13-20-17-16(21)18(27)25(19(28)22(17)2)12-15(26)24-5-3-14(4-6-24)11-23-7-9-29-10-8-23/h13-14H,3-12H2,1-2H3. The molecule has 0 aliphatic carbocycles. The Kier molecular flexibility index (Phi) is 5.55. The molecule has 0 aromatic carbocycles. The minimum Gasteiger partial charge on any atom is -0.379 e. The number of rotatable bonds is 4. The van der Waals surface area contributed by atoms with Crippen molar-refractivity contribution >= 4 is 17.1 Å². The lowest BCUT2D eigenvalue weighted by Crippen LogP contribution is -2.47. The molecule has 0 atom stereocenters. The molecule has 2 saturated heterocycles. The predicted molar refractivity (Wildman–Crippen MR) is 107 cm³/mol. The number of fused-ring (bicyclic) bond motifs is 1. The number of hydrogen-bond acceptors (Lipinski definition) is 6. The van der Waals surface area contributed by atoms with Crippen molar-refractivity contribution in [2.45, 2.75) is 19.4 Å². The Hall–Kier alpha value is -2.46. The maximum atomic E-state index is 12.8. The third-order valence-corrected chi connectivity index (χ3v) is 6.08. The lowest BCUT2D eigenvalue weighted by molar-refractivity contribution is -0.133. The molecule has 1 amide bonds. The van der Waals surface area contributed by atoms with Crippen LogP contribution in [0.3, 0.4) is 0 Å². The van der Waals surface area contributed by atoms with Gasteiger partial charge in [0.1, 0.15) is 6.54 Å². The van der Waals surface area contributed by atoms with Crippen molar-refractivity contribution in [2.75, 3.05) is 45.9 Å². The Labute approximate surface area is 168 Å². The van der Waals surface area contributed by atoms with E-state index in [0.29, 0.717) is 30.2 Å². The summed E-state index contributed by atoms with van der Waals surface area (Å²) in [5.74, 6) is 0.383. The summed E-state index contributed by atoms with van der Waals surface area (Å²) >= 11 is 0. The van der Waals surface area contributed by atoms with Gasteiger partial charge < -0.3 is 14.2 Å². The third kappa shape index (κ3) is 3.86. The summed E-state index contributed by atoms with van der Waals surface area (Å²) in [5.41, 5.74) is -0.338. The first-order valence-corrected chi connectivity index (χ1v) is 10.1. The molecule has 29 heavy (non-hydrogen) atoms. The Morgan fingerprint density at radius 2 is 1.83 bits per heavy atom. The van der Waals surface area contributed by atoms with Crippen LogP contribution in [-0.2, 0) is 30.2 Å². The van der Waals surface area contributed by atoms with Crippen LogP contribution in [0.2, 0.25) is 0 Å². The number of ether oxygens (including phenoxy) is 1. The average molecular weight is 404 g/mol. The summed E-state index contributed by atoms with van der Waals surface area (Å²) in [7, 11) is 3.27. The number of amides is 1. The first-order chi connectivity index (χ1) is 14.0. The first kappa shape index (κ1) is 19.8. The van der Waals surface area contributed by atoms with Gasteiger partial charge in [-0.25, -0.2) is 14.3 Å². The van der Waals surface area contributed by atoms with Gasteiger partial charge in [-0.15, -0.1) is 0 Å². The fourth-order valence-corrected chi connectivity index (χ4v) is 4.28. The fraction of sp³-hybridized carbons (Fsp3) is 0.684. The molecule has 158 valence electrons. The molecule has 0 N–H and O–H groups in total. The molecule has 0 radical (unpaired) electrons. The van der Waals surface area contributed by atoms with Gasteiger partial charge in [-0.3, -0.25) is 19.1 Å². The summed E-state index contributed by atoms with van der Waals surface area (Å²) in [6.45, 7) is 5.67. The lowest BCUT2D eigenvalue weighted by Gasteiger charge is -2.36. The second-order valence-electron chi connectivity index (χ2n) is 8.00. The molecular formula is C19H28N6O4. The monoisotopic (exact) mass is 404 g/mol. The van der Waals surface area contributed by atoms with Gasteiger partial charge in [-0.05, 0) is 18.8 Å². The minimum atomic E-state index is -0.517. The van der Waals surface area contributed by atoms with E-state index in [1.54, 1.807) is 23.6 Å². The summed E-state index contributed by atoms with van der Waals surface area (Å²) in [5, 5.41) is 0. The zero-order chi connectivity index (χ0) is 20.5. The van der Waals surface area contributed by atoms with Crippen LogP contribution < -0.4 is 11.2 Å². The quantitative estimate of drug-likeness (QED) is 0.649. The molecule has 2 aromatic heterocycles. The number of carbonyl (C=O) groups excluding carboxylic acids is 1. The average Bonchev–Trinajstić information content (AvgIpc) is 3.12. The summed E-state index contributed by atoms with van der Waals surface area (Å²) in [6, 6.07) is 0. The van der Waals surface area contributed by atoms with Crippen LogP contribution in [0.15, 0.2) is 15.9 Å². The molecule has 2 aromatic rings. The smallest absolute Gasteiger partial charge is 0.332 e. The van der Waals surface area contributed by atoms with Gasteiger partial charge >= 0.3 is 5.69 Å². The number of imidazole rings is 1. The molecule has 10 heteroatoms. The second-order valence-corrected chi connectivity index (χ2v) is 8.00. The molecule has 0 unspecified atom stereocenters. The van der Waals surface area contributed by atoms with E-state index in [1.807, 2.05) is 0 Å². The van der Waals surface area contributed by atoms with E-state index in [4.69, 9.17) is 4.74 Å². The van der Waals surface area contributed by atoms with Gasteiger partial charge in [0.05, 0.1) is 19.5 Å². The second kappa shape index (κ2) is 8.11. The van der Waals surface area contributed by atoms with Crippen molar-refractivity contribution in [2.24, 2.45) is 20.0 Å². The molecule has 2 aliphatic rings. The largest absolute Gasteiger partial charge is 0.379 e. The lowest BCUT2D eigenvalue weighted by atomic mass is 9.96. The Morgan fingerprint density at radius 1 is 1.14 bits per heavy atom. The molecule has 4 heterocycles. The third-order valence-electron chi connectivity index (χ3n) is 6.08. The van der Waals surface area contributed by atoms with Gasteiger partial charge in [-0.2, -0.15) is 0 Å².